The molecule has 0 aliphatic heterocycles. The van der Waals surface area contributed by atoms with E-state index in [1.807, 2.05) is 6.07 Å². The normalized spacial score (nSPS) is 10.1. The maximum Gasteiger partial charge on any atom is 0.254 e. The number of nitrogens with zero attached hydrogens (tertiary/aromatic N) is 1. The highest BCUT2D eigenvalue weighted by Gasteiger charge is 2.14. The van der Waals surface area contributed by atoms with Gasteiger partial charge in [0.25, 0.3) is 5.91 Å². The van der Waals surface area contributed by atoms with Gasteiger partial charge in [-0.3, -0.25) is 4.79 Å². The topological polar surface area (TPSA) is 20.3 Å². The minimum Gasteiger partial charge on any atom is -0.341 e. The second-order valence-electron chi connectivity index (χ2n) is 3.04. The summed E-state index contributed by atoms with van der Waals surface area (Å²) in [6.07, 6.45) is 0. The monoisotopic (exact) mass is 401 g/mol. The molecular weight excluding hydrogens is 392 g/mol. The Balaban J connectivity index is 2.95. The molecule has 0 aliphatic rings. The van der Waals surface area contributed by atoms with E-state index in [0.717, 1.165) is 8.90 Å². The molecule has 0 radical (unpaired) electrons. The maximum atomic E-state index is 11.9. The van der Waals surface area contributed by atoms with Crippen molar-refractivity contribution in [1.29, 1.82) is 0 Å². The average molecular weight is 402 g/mol. The molecule has 5 heteroatoms. The van der Waals surface area contributed by atoms with Crippen LogP contribution in [0.25, 0.3) is 0 Å². The first kappa shape index (κ1) is 13.3. The summed E-state index contributed by atoms with van der Waals surface area (Å²) in [5.74, 6) is 0.00125. The maximum absolute atomic E-state index is 11.9. The van der Waals surface area contributed by atoms with Gasteiger partial charge in [0.15, 0.2) is 0 Å². The molecule has 1 rings (SSSR count). The average Bonchev–Trinajstić information content (AvgIpc) is 2.21. The van der Waals surface area contributed by atoms with Crippen LogP contribution in [0.1, 0.15) is 10.4 Å². The molecule has 0 aliphatic carbocycles. The van der Waals surface area contributed by atoms with Crippen LogP contribution in [-0.4, -0.2) is 29.7 Å². The molecule has 0 bridgehead atoms. The summed E-state index contributed by atoms with van der Waals surface area (Å²) in [6.45, 7) is 0.682. The predicted octanol–water partition coefficient (Wildman–Crippen LogP) is 3.41. The number of carbonyl (C=O) groups excluding carboxylic acids is 1. The highest BCUT2D eigenvalue weighted by atomic mass is 127. The number of halogens is 3. The van der Waals surface area contributed by atoms with Crippen molar-refractivity contribution in [3.63, 3.8) is 0 Å². The van der Waals surface area contributed by atoms with E-state index in [9.17, 15) is 4.79 Å². The molecule has 0 atom stereocenters. The molecule has 82 valence electrons. The second kappa shape index (κ2) is 6.06. The van der Waals surface area contributed by atoms with Crippen molar-refractivity contribution in [2.24, 2.45) is 0 Å². The molecule has 15 heavy (non-hydrogen) atoms. The highest BCUT2D eigenvalue weighted by Crippen LogP contribution is 2.19. The first-order valence-electron chi connectivity index (χ1n) is 4.32. The summed E-state index contributed by atoms with van der Waals surface area (Å²) in [5, 5.41) is 1.36. The summed E-state index contributed by atoms with van der Waals surface area (Å²) in [6, 6.07) is 5.33. The Morgan fingerprint density at radius 3 is 2.87 bits per heavy atom. The van der Waals surface area contributed by atoms with Gasteiger partial charge in [0.1, 0.15) is 0 Å². The lowest BCUT2D eigenvalue weighted by Gasteiger charge is -2.16. The fraction of sp³-hybridized carbons (Fsp3) is 0.300. The van der Waals surface area contributed by atoms with Crippen LogP contribution in [0.5, 0.6) is 0 Å². The number of amides is 1. The molecule has 0 N–H and O–H groups in total. The van der Waals surface area contributed by atoms with Crippen LogP contribution < -0.4 is 0 Å². The van der Waals surface area contributed by atoms with E-state index in [0.29, 0.717) is 17.1 Å². The Morgan fingerprint density at radius 2 is 2.27 bits per heavy atom. The molecule has 0 saturated heterocycles. The summed E-state index contributed by atoms with van der Waals surface area (Å²) < 4.78 is 0.920. The zero-order valence-corrected chi connectivity index (χ0v) is 12.6. The molecule has 0 fully saturated rings. The smallest absolute Gasteiger partial charge is 0.254 e. The Labute approximate surface area is 116 Å². The predicted molar refractivity (Wildman–Crippen MR) is 74.9 cm³/mol. The molecular formula is C10H10BrClINO. The minimum absolute atomic E-state index is 0.00125. The molecule has 0 saturated carbocycles. The van der Waals surface area contributed by atoms with E-state index < -0.39 is 0 Å². The summed E-state index contributed by atoms with van der Waals surface area (Å²) >= 11 is 11.3. The van der Waals surface area contributed by atoms with Gasteiger partial charge in [-0.1, -0.05) is 27.5 Å². The minimum atomic E-state index is 0.00125. The van der Waals surface area contributed by atoms with E-state index in [4.69, 9.17) is 11.6 Å². The van der Waals surface area contributed by atoms with Crippen molar-refractivity contribution < 1.29 is 4.79 Å². The van der Waals surface area contributed by atoms with Crippen LogP contribution in [0.2, 0.25) is 5.02 Å². The van der Waals surface area contributed by atoms with Crippen molar-refractivity contribution in [3.05, 3.63) is 32.4 Å². The number of benzene rings is 1. The van der Waals surface area contributed by atoms with Gasteiger partial charge in [0.2, 0.25) is 0 Å². The van der Waals surface area contributed by atoms with Gasteiger partial charge in [-0.05, 0) is 40.8 Å². The largest absolute Gasteiger partial charge is 0.341 e. The zero-order valence-electron chi connectivity index (χ0n) is 8.14. The van der Waals surface area contributed by atoms with Crippen molar-refractivity contribution in [2.75, 3.05) is 18.9 Å². The van der Waals surface area contributed by atoms with Gasteiger partial charge >= 0.3 is 0 Å². The van der Waals surface area contributed by atoms with E-state index in [-0.39, 0.29) is 5.91 Å². The van der Waals surface area contributed by atoms with Gasteiger partial charge < -0.3 is 4.90 Å². The highest BCUT2D eigenvalue weighted by molar-refractivity contribution is 14.1. The Morgan fingerprint density at radius 1 is 1.60 bits per heavy atom. The van der Waals surface area contributed by atoms with E-state index in [1.54, 1.807) is 24.1 Å². The molecule has 2 nitrogen and oxygen atoms in total. The van der Waals surface area contributed by atoms with Gasteiger partial charge in [-0.15, -0.1) is 0 Å². The van der Waals surface area contributed by atoms with Gasteiger partial charge in [-0.25, -0.2) is 0 Å². The SMILES string of the molecule is CN(CCBr)C(=O)c1cc(Cl)ccc1I. The van der Waals surface area contributed by atoms with E-state index in [2.05, 4.69) is 38.5 Å². The standard InChI is InChI=1S/C10H10BrClINO/c1-14(5-4-11)10(15)8-6-7(12)2-3-9(8)13/h2-3,6H,4-5H2,1H3. The van der Waals surface area contributed by atoms with Crippen molar-refractivity contribution in [3.8, 4) is 0 Å². The fourth-order valence-electron chi connectivity index (χ4n) is 1.10. The van der Waals surface area contributed by atoms with Crippen LogP contribution in [0, 0.1) is 3.57 Å². The van der Waals surface area contributed by atoms with Gasteiger partial charge in [-0.2, -0.15) is 0 Å². The molecule has 0 spiro atoms. The number of alkyl halides is 1. The van der Waals surface area contributed by atoms with Gasteiger partial charge in [0.05, 0.1) is 5.56 Å². The Bertz CT molecular complexity index is 372. The van der Waals surface area contributed by atoms with Crippen LogP contribution in [0.3, 0.4) is 0 Å². The molecule has 1 aromatic rings. The third-order valence-electron chi connectivity index (χ3n) is 1.93. The molecule has 1 amide bonds. The first-order chi connectivity index (χ1) is 7.06. The summed E-state index contributed by atoms with van der Waals surface area (Å²) in [7, 11) is 1.78. The molecule has 0 unspecified atom stereocenters. The van der Waals surface area contributed by atoms with E-state index >= 15 is 0 Å². The third-order valence-corrected chi connectivity index (χ3v) is 3.46. The quantitative estimate of drug-likeness (QED) is 0.561. The second-order valence-corrected chi connectivity index (χ2v) is 5.43. The lowest BCUT2D eigenvalue weighted by molar-refractivity contribution is 0.0803. The van der Waals surface area contributed by atoms with Crippen LogP contribution >= 0.6 is 50.1 Å². The van der Waals surface area contributed by atoms with Crippen molar-refractivity contribution in [2.45, 2.75) is 0 Å². The number of carbonyl (C=O) groups is 1. The van der Waals surface area contributed by atoms with E-state index in [1.165, 1.54) is 0 Å². The lowest BCUT2D eigenvalue weighted by Crippen LogP contribution is -2.29. The number of hydrogen-bond donors (Lipinski definition) is 0. The van der Waals surface area contributed by atoms with Crippen LogP contribution in [-0.2, 0) is 0 Å². The lowest BCUT2D eigenvalue weighted by atomic mass is 10.2. The Hall–Kier alpha value is 0.190. The number of rotatable bonds is 3. The third kappa shape index (κ3) is 3.60. The molecule has 0 aromatic heterocycles. The first-order valence-corrected chi connectivity index (χ1v) is 6.90. The Kier molecular flexibility index (Phi) is 5.35. The summed E-state index contributed by atoms with van der Waals surface area (Å²) in [5.41, 5.74) is 0.659. The fourth-order valence-corrected chi connectivity index (χ4v) is 2.37. The van der Waals surface area contributed by atoms with Crippen molar-refractivity contribution in [1.82, 2.24) is 4.90 Å². The van der Waals surface area contributed by atoms with Crippen LogP contribution in [0.15, 0.2) is 18.2 Å². The molecule has 0 heterocycles. The molecule has 1 aromatic carbocycles. The van der Waals surface area contributed by atoms with Crippen molar-refractivity contribution >= 4 is 56.0 Å². The zero-order chi connectivity index (χ0) is 11.4. The van der Waals surface area contributed by atoms with Crippen LogP contribution in [0.4, 0.5) is 0 Å². The van der Waals surface area contributed by atoms with Gasteiger partial charge in [0, 0.05) is 27.5 Å². The summed E-state index contributed by atoms with van der Waals surface area (Å²) in [4.78, 5) is 13.6. The number of hydrogen-bond acceptors (Lipinski definition) is 1.